The highest BCUT2D eigenvalue weighted by Gasteiger charge is 2.38. The lowest BCUT2D eigenvalue weighted by Gasteiger charge is -2.31. The monoisotopic (exact) mass is 631 g/mol. The Morgan fingerprint density at radius 3 is 2.07 bits per heavy atom. The van der Waals surface area contributed by atoms with E-state index in [-0.39, 0.29) is 12.4 Å². The van der Waals surface area contributed by atoms with E-state index in [1.165, 1.54) is 4.90 Å². The van der Waals surface area contributed by atoms with Crippen LogP contribution in [0.2, 0.25) is 0 Å². The van der Waals surface area contributed by atoms with Gasteiger partial charge >= 0.3 is 12.1 Å². The number of nitrogens with zero attached hydrogens (tertiary/aromatic N) is 1. The molecule has 0 radical (unpaired) electrons. The fourth-order valence-corrected chi connectivity index (χ4v) is 4.05. The third-order valence-corrected chi connectivity index (χ3v) is 6.31. The molecule has 0 aliphatic rings. The Kier molecular flexibility index (Phi) is 13.3. The largest absolute Gasteiger partial charge is 0.490 e. The number of alkyl halides is 3. The van der Waals surface area contributed by atoms with Gasteiger partial charge in [-0.1, -0.05) is 48.5 Å². The summed E-state index contributed by atoms with van der Waals surface area (Å²) in [4.78, 5) is 49.8. The molecule has 0 heterocycles. The Labute approximate surface area is 257 Å². The molecule has 9 N–H and O–H groups in total. The van der Waals surface area contributed by atoms with E-state index in [4.69, 9.17) is 26.8 Å². The summed E-state index contributed by atoms with van der Waals surface area (Å²) in [6.07, 6.45) is -4.34. The molecule has 15 heteroatoms. The molecular weight excluding hydrogens is 595 g/mol. The van der Waals surface area contributed by atoms with Crippen molar-refractivity contribution in [3.05, 3.63) is 72.8 Å². The first kappa shape index (κ1) is 36.0. The van der Waals surface area contributed by atoms with E-state index in [0.29, 0.717) is 24.3 Å². The van der Waals surface area contributed by atoms with Crippen molar-refractivity contribution in [2.45, 2.75) is 51.0 Å². The molecule has 3 atom stereocenters. The Morgan fingerprint density at radius 2 is 1.51 bits per heavy atom. The summed E-state index contributed by atoms with van der Waals surface area (Å²) in [6, 6.07) is 19.5. The van der Waals surface area contributed by atoms with Gasteiger partial charge in [-0.3, -0.25) is 24.7 Å². The first-order valence-corrected chi connectivity index (χ1v) is 13.7. The third-order valence-electron chi connectivity index (χ3n) is 6.31. The normalized spacial score (nSPS) is 12.8. The maximum Gasteiger partial charge on any atom is 0.490 e. The highest BCUT2D eigenvalue weighted by molar-refractivity contribution is 6.04. The molecule has 0 spiro atoms. The van der Waals surface area contributed by atoms with Gasteiger partial charge in [0.15, 0.2) is 5.96 Å². The van der Waals surface area contributed by atoms with Gasteiger partial charge < -0.3 is 32.5 Å². The lowest BCUT2D eigenvalue weighted by atomic mass is 10.1. The summed E-state index contributed by atoms with van der Waals surface area (Å²) in [5, 5.41) is 24.9. The van der Waals surface area contributed by atoms with E-state index >= 15 is 0 Å². The molecule has 0 fully saturated rings. The summed E-state index contributed by atoms with van der Waals surface area (Å²) >= 11 is 0. The number of carbonyl (C=O) groups is 4. The molecule has 45 heavy (non-hydrogen) atoms. The molecule has 3 rings (SSSR count). The number of fused-ring (bicyclic) bond motifs is 1. The molecule has 12 nitrogen and oxygen atoms in total. The quantitative estimate of drug-likeness (QED) is 0.0950. The number of nitrogens with one attached hydrogen (secondary N) is 4. The fourth-order valence-electron chi connectivity index (χ4n) is 4.05. The molecule has 3 unspecified atom stereocenters. The van der Waals surface area contributed by atoms with Gasteiger partial charge in [-0.05, 0) is 61.7 Å². The van der Waals surface area contributed by atoms with Gasteiger partial charge in [0.05, 0.1) is 6.04 Å². The number of para-hydroxylation sites is 1. The SMILES string of the molecule is CC(N)C(=O)N(c1ccccc1)C(C)C(=O)NC(CCCNC(=N)N)C(=O)Nc1ccc2ccccc2c1.O=C(O)C(F)(F)F. The summed E-state index contributed by atoms with van der Waals surface area (Å²) in [5.41, 5.74) is 12.4. The molecule has 0 aromatic heterocycles. The van der Waals surface area contributed by atoms with E-state index in [9.17, 15) is 27.6 Å². The number of carbonyl (C=O) groups excluding carboxylic acids is 3. The molecule has 3 aromatic rings. The first-order chi connectivity index (χ1) is 21.1. The second-order valence-electron chi connectivity index (χ2n) is 9.91. The topological polar surface area (TPSA) is 204 Å². The molecule has 0 saturated carbocycles. The third kappa shape index (κ3) is 11.4. The minimum absolute atomic E-state index is 0.173. The van der Waals surface area contributed by atoms with Crippen LogP contribution in [0, 0.1) is 5.41 Å². The van der Waals surface area contributed by atoms with E-state index in [2.05, 4.69) is 16.0 Å². The van der Waals surface area contributed by atoms with Crippen molar-refractivity contribution in [1.82, 2.24) is 10.6 Å². The molecule has 0 bridgehead atoms. The molecule has 0 saturated heterocycles. The number of rotatable bonds is 11. The van der Waals surface area contributed by atoms with Gasteiger partial charge in [-0.25, -0.2) is 4.79 Å². The van der Waals surface area contributed by atoms with Crippen molar-refractivity contribution >= 4 is 51.8 Å². The van der Waals surface area contributed by atoms with Crippen molar-refractivity contribution in [2.24, 2.45) is 11.5 Å². The van der Waals surface area contributed by atoms with Crippen LogP contribution in [0.3, 0.4) is 0 Å². The average Bonchev–Trinajstić information content (AvgIpc) is 2.98. The predicted molar refractivity (Wildman–Crippen MR) is 164 cm³/mol. The van der Waals surface area contributed by atoms with Crippen molar-refractivity contribution in [3.63, 3.8) is 0 Å². The Hall–Kier alpha value is -5.18. The van der Waals surface area contributed by atoms with Crippen LogP contribution in [-0.2, 0) is 19.2 Å². The van der Waals surface area contributed by atoms with Gasteiger partial charge in [-0.15, -0.1) is 0 Å². The van der Waals surface area contributed by atoms with Gasteiger partial charge in [0, 0.05) is 17.9 Å². The number of hydrogen-bond acceptors (Lipinski definition) is 6. The van der Waals surface area contributed by atoms with Crippen LogP contribution in [-0.4, -0.2) is 65.6 Å². The maximum absolute atomic E-state index is 13.4. The van der Waals surface area contributed by atoms with E-state index in [0.717, 1.165) is 10.8 Å². The Balaban J connectivity index is 0.000000900. The van der Waals surface area contributed by atoms with Gasteiger partial charge in [-0.2, -0.15) is 13.2 Å². The number of anilines is 2. The van der Waals surface area contributed by atoms with Crippen molar-refractivity contribution < 1.29 is 37.5 Å². The number of carboxylic acid groups (broad SMARTS) is 1. The van der Waals surface area contributed by atoms with Crippen LogP contribution in [0.25, 0.3) is 10.8 Å². The summed E-state index contributed by atoms with van der Waals surface area (Å²) in [6.45, 7) is 3.52. The zero-order valence-corrected chi connectivity index (χ0v) is 24.6. The van der Waals surface area contributed by atoms with Gasteiger partial charge in [0.2, 0.25) is 17.7 Å². The molecule has 3 aromatic carbocycles. The first-order valence-electron chi connectivity index (χ1n) is 13.7. The highest BCUT2D eigenvalue weighted by atomic mass is 19.4. The summed E-state index contributed by atoms with van der Waals surface area (Å²) < 4.78 is 31.7. The van der Waals surface area contributed by atoms with E-state index in [1.807, 2.05) is 42.5 Å². The molecule has 3 amide bonds. The van der Waals surface area contributed by atoms with Crippen molar-refractivity contribution in [3.8, 4) is 0 Å². The smallest absolute Gasteiger partial charge is 0.475 e. The molecule has 242 valence electrons. The average molecular weight is 632 g/mol. The predicted octanol–water partition coefficient (Wildman–Crippen LogP) is 2.93. The van der Waals surface area contributed by atoms with Crippen molar-refractivity contribution in [1.29, 1.82) is 5.41 Å². The highest BCUT2D eigenvalue weighted by Crippen LogP contribution is 2.20. The van der Waals surface area contributed by atoms with Gasteiger partial charge in [0.1, 0.15) is 12.1 Å². The Bertz CT molecular complexity index is 1490. The lowest BCUT2D eigenvalue weighted by Crippen LogP contribution is -2.55. The minimum Gasteiger partial charge on any atom is -0.475 e. The van der Waals surface area contributed by atoms with Crippen LogP contribution in [0.5, 0.6) is 0 Å². The maximum atomic E-state index is 13.4. The van der Waals surface area contributed by atoms with Crippen LogP contribution in [0.4, 0.5) is 24.5 Å². The molecular formula is C30H36F3N7O5. The second-order valence-corrected chi connectivity index (χ2v) is 9.91. The number of carboxylic acids is 1. The number of aliphatic carboxylic acids is 1. The number of benzene rings is 3. The molecule has 0 aliphatic carbocycles. The van der Waals surface area contributed by atoms with E-state index < -0.39 is 48.0 Å². The van der Waals surface area contributed by atoms with Crippen LogP contribution in [0.15, 0.2) is 72.8 Å². The van der Waals surface area contributed by atoms with Crippen molar-refractivity contribution in [2.75, 3.05) is 16.8 Å². The zero-order chi connectivity index (χ0) is 33.7. The fraction of sp³-hybridized carbons (Fsp3) is 0.300. The number of nitrogens with two attached hydrogens (primary N) is 2. The minimum atomic E-state index is -5.08. The van der Waals surface area contributed by atoms with Crippen LogP contribution in [0.1, 0.15) is 26.7 Å². The summed E-state index contributed by atoms with van der Waals surface area (Å²) in [5.74, 6) is -4.24. The lowest BCUT2D eigenvalue weighted by molar-refractivity contribution is -0.192. The van der Waals surface area contributed by atoms with Crippen LogP contribution >= 0.6 is 0 Å². The van der Waals surface area contributed by atoms with Gasteiger partial charge in [0.25, 0.3) is 0 Å². The molecule has 0 aliphatic heterocycles. The standard InChI is InChI=1S/C28H35N7O3.C2HF3O2/c1-18(29)27(38)35(23-11-4-3-5-12-23)19(2)25(36)34-24(13-8-16-32-28(30)31)26(37)33-22-15-14-20-9-6-7-10-21(20)17-22;3-2(4,5)1(6)7/h3-7,9-12,14-15,17-19,24H,8,13,16,29H2,1-2H3,(H,33,37)(H,34,36)(H4,30,31,32);(H,6,7). The second kappa shape index (κ2) is 16.6. The number of amides is 3. The number of guanidine groups is 1. The number of halogens is 3. The number of hydrogen-bond donors (Lipinski definition) is 7. The summed E-state index contributed by atoms with van der Waals surface area (Å²) in [7, 11) is 0. The van der Waals surface area contributed by atoms with E-state index in [1.54, 1.807) is 44.2 Å². The zero-order valence-electron chi connectivity index (χ0n) is 24.6. The van der Waals surface area contributed by atoms with Crippen LogP contribution < -0.4 is 32.3 Å². The Morgan fingerprint density at radius 1 is 0.933 bits per heavy atom.